The summed E-state index contributed by atoms with van der Waals surface area (Å²) in [6, 6.07) is 12.0. The van der Waals surface area contributed by atoms with Crippen molar-refractivity contribution in [1.29, 1.82) is 0 Å². The number of methoxy groups -OCH3 is 1. The standard InChI is InChI=1S/C21H18ClNO6S/c1-28-17-10-13(6-7-16(17)29-9-8-19(24)25)11-18-20(26)23(21(27)30-18)12-14-4-2-3-5-15(14)22/h2-7,10-11H,8-9,12H2,1H3,(H,24,25)/b18-11+. The number of carboxylic acids is 1. The number of thioether (sulfide) groups is 1. The van der Waals surface area contributed by atoms with E-state index in [9.17, 15) is 14.4 Å². The molecule has 0 aliphatic carbocycles. The van der Waals surface area contributed by atoms with Gasteiger partial charge in [0.1, 0.15) is 0 Å². The van der Waals surface area contributed by atoms with Crippen LogP contribution in [0.2, 0.25) is 5.02 Å². The Hall–Kier alpha value is -2.97. The van der Waals surface area contributed by atoms with E-state index in [1.807, 2.05) is 0 Å². The van der Waals surface area contributed by atoms with Gasteiger partial charge in [-0.2, -0.15) is 0 Å². The summed E-state index contributed by atoms with van der Waals surface area (Å²) in [5.41, 5.74) is 1.33. The lowest BCUT2D eigenvalue weighted by atomic mass is 10.1. The van der Waals surface area contributed by atoms with Crippen LogP contribution in [0, 0.1) is 0 Å². The number of carbonyl (C=O) groups is 3. The first kappa shape index (κ1) is 21.7. The minimum Gasteiger partial charge on any atom is -0.493 e. The van der Waals surface area contributed by atoms with Crippen molar-refractivity contribution in [2.75, 3.05) is 13.7 Å². The molecule has 0 spiro atoms. The van der Waals surface area contributed by atoms with Gasteiger partial charge in [-0.1, -0.05) is 35.9 Å². The number of hydrogen-bond acceptors (Lipinski definition) is 6. The van der Waals surface area contributed by atoms with Gasteiger partial charge >= 0.3 is 5.97 Å². The van der Waals surface area contributed by atoms with Crippen LogP contribution in [0.1, 0.15) is 17.5 Å². The third-order valence-corrected chi connectivity index (χ3v) is 5.49. The predicted octanol–water partition coefficient (Wildman–Crippen LogP) is 4.44. The number of rotatable bonds is 8. The zero-order chi connectivity index (χ0) is 21.7. The number of nitrogens with zero attached hydrogens (tertiary/aromatic N) is 1. The molecule has 0 bridgehead atoms. The van der Waals surface area contributed by atoms with Gasteiger partial charge in [0.25, 0.3) is 11.1 Å². The fourth-order valence-corrected chi connectivity index (χ4v) is 3.76. The van der Waals surface area contributed by atoms with Gasteiger partial charge < -0.3 is 14.6 Å². The summed E-state index contributed by atoms with van der Waals surface area (Å²) < 4.78 is 10.7. The zero-order valence-corrected chi connectivity index (χ0v) is 17.5. The Morgan fingerprint density at radius 1 is 1.20 bits per heavy atom. The number of aliphatic carboxylic acids is 1. The summed E-state index contributed by atoms with van der Waals surface area (Å²) in [4.78, 5) is 37.1. The van der Waals surface area contributed by atoms with Crippen molar-refractivity contribution in [2.24, 2.45) is 0 Å². The maximum Gasteiger partial charge on any atom is 0.306 e. The number of imide groups is 1. The van der Waals surface area contributed by atoms with E-state index in [2.05, 4.69) is 0 Å². The highest BCUT2D eigenvalue weighted by Crippen LogP contribution is 2.35. The van der Waals surface area contributed by atoms with Gasteiger partial charge in [0.2, 0.25) is 0 Å². The molecule has 0 radical (unpaired) electrons. The number of carboxylic acid groups (broad SMARTS) is 1. The minimum atomic E-state index is -0.960. The minimum absolute atomic E-state index is 0.00593. The SMILES string of the molecule is COc1cc(/C=C2/SC(=O)N(Cc3ccccc3Cl)C2=O)ccc1OCCC(=O)O. The van der Waals surface area contributed by atoms with Gasteiger partial charge in [-0.15, -0.1) is 0 Å². The Morgan fingerprint density at radius 3 is 2.67 bits per heavy atom. The molecule has 30 heavy (non-hydrogen) atoms. The third-order valence-electron chi connectivity index (χ3n) is 4.22. The summed E-state index contributed by atoms with van der Waals surface area (Å²) in [5, 5.41) is 8.83. The third kappa shape index (κ3) is 5.14. The molecule has 156 valence electrons. The predicted molar refractivity (Wildman–Crippen MR) is 114 cm³/mol. The lowest BCUT2D eigenvalue weighted by Crippen LogP contribution is -2.27. The van der Waals surface area contributed by atoms with Crippen LogP contribution in [0.5, 0.6) is 11.5 Å². The highest BCUT2D eigenvalue weighted by atomic mass is 35.5. The Labute approximate surface area is 182 Å². The number of ether oxygens (including phenoxy) is 2. The Balaban J connectivity index is 1.76. The molecule has 9 heteroatoms. The van der Waals surface area contributed by atoms with Gasteiger partial charge in [0.05, 0.1) is 31.6 Å². The first-order chi connectivity index (χ1) is 14.4. The van der Waals surface area contributed by atoms with Crippen molar-refractivity contribution in [3.05, 3.63) is 63.5 Å². The Morgan fingerprint density at radius 2 is 1.97 bits per heavy atom. The fourth-order valence-electron chi connectivity index (χ4n) is 2.73. The first-order valence-electron chi connectivity index (χ1n) is 8.90. The number of carbonyl (C=O) groups excluding carboxylic acids is 2. The smallest absolute Gasteiger partial charge is 0.306 e. The van der Waals surface area contributed by atoms with E-state index < -0.39 is 11.9 Å². The largest absolute Gasteiger partial charge is 0.493 e. The summed E-state index contributed by atoms with van der Waals surface area (Å²) in [6.45, 7) is 0.104. The maximum absolute atomic E-state index is 12.7. The second-order valence-corrected chi connectivity index (χ2v) is 7.66. The van der Waals surface area contributed by atoms with Crippen LogP contribution in [0.25, 0.3) is 6.08 Å². The quantitative estimate of drug-likeness (QED) is 0.598. The molecule has 7 nitrogen and oxygen atoms in total. The molecule has 3 rings (SSSR count). The van der Waals surface area contributed by atoms with Crippen LogP contribution in [0.3, 0.4) is 0 Å². The molecule has 0 unspecified atom stereocenters. The molecule has 2 aromatic carbocycles. The maximum atomic E-state index is 12.7. The topological polar surface area (TPSA) is 93.1 Å². The monoisotopic (exact) mass is 447 g/mol. The van der Waals surface area contributed by atoms with E-state index in [-0.39, 0.29) is 29.7 Å². The molecular weight excluding hydrogens is 430 g/mol. The highest BCUT2D eigenvalue weighted by molar-refractivity contribution is 8.18. The van der Waals surface area contributed by atoms with Gasteiger partial charge in [-0.3, -0.25) is 19.3 Å². The van der Waals surface area contributed by atoms with Gasteiger partial charge in [0.15, 0.2) is 11.5 Å². The van der Waals surface area contributed by atoms with Crippen molar-refractivity contribution >= 4 is 46.6 Å². The molecule has 1 aliphatic rings. The summed E-state index contributed by atoms with van der Waals surface area (Å²) in [6.07, 6.45) is 1.46. The van der Waals surface area contributed by atoms with Gasteiger partial charge in [-0.25, -0.2) is 0 Å². The van der Waals surface area contributed by atoms with Crippen LogP contribution in [0.4, 0.5) is 4.79 Å². The molecule has 2 amide bonds. The number of amides is 2. The van der Waals surface area contributed by atoms with Crippen LogP contribution in [-0.4, -0.2) is 40.8 Å². The van der Waals surface area contributed by atoms with Gasteiger partial charge in [0, 0.05) is 5.02 Å². The first-order valence-corrected chi connectivity index (χ1v) is 10.1. The van der Waals surface area contributed by atoms with Crippen molar-refractivity contribution < 1.29 is 29.0 Å². The average Bonchev–Trinajstić information content (AvgIpc) is 2.97. The normalized spacial score (nSPS) is 15.0. The van der Waals surface area contributed by atoms with Crippen LogP contribution >= 0.6 is 23.4 Å². The van der Waals surface area contributed by atoms with E-state index in [0.29, 0.717) is 27.6 Å². The molecule has 1 N–H and O–H groups in total. The van der Waals surface area contributed by atoms with Crippen LogP contribution < -0.4 is 9.47 Å². The van der Waals surface area contributed by atoms with E-state index in [0.717, 1.165) is 16.7 Å². The molecule has 1 heterocycles. The molecular formula is C21H18ClNO6S. The van der Waals surface area contributed by atoms with Crippen molar-refractivity contribution in [3.63, 3.8) is 0 Å². The van der Waals surface area contributed by atoms with Crippen molar-refractivity contribution in [2.45, 2.75) is 13.0 Å². The van der Waals surface area contributed by atoms with Crippen LogP contribution in [-0.2, 0) is 16.1 Å². The molecule has 2 aromatic rings. The highest BCUT2D eigenvalue weighted by Gasteiger charge is 2.35. The lowest BCUT2D eigenvalue weighted by Gasteiger charge is -2.13. The molecule has 0 atom stereocenters. The fraction of sp³-hybridized carbons (Fsp3) is 0.190. The van der Waals surface area contributed by atoms with E-state index in [1.165, 1.54) is 7.11 Å². The van der Waals surface area contributed by atoms with Gasteiger partial charge in [-0.05, 0) is 47.2 Å². The molecule has 1 aliphatic heterocycles. The number of hydrogen-bond donors (Lipinski definition) is 1. The molecule has 0 aromatic heterocycles. The summed E-state index contributed by atoms with van der Waals surface area (Å²) in [5.74, 6) is -0.573. The number of benzene rings is 2. The van der Waals surface area contributed by atoms with E-state index >= 15 is 0 Å². The summed E-state index contributed by atoms with van der Waals surface area (Å²) >= 11 is 6.99. The Bertz CT molecular complexity index is 1020. The molecule has 0 saturated carbocycles. The van der Waals surface area contributed by atoms with E-state index in [1.54, 1.807) is 48.5 Å². The summed E-state index contributed by atoms with van der Waals surface area (Å²) in [7, 11) is 1.46. The second kappa shape index (κ2) is 9.69. The van der Waals surface area contributed by atoms with Crippen LogP contribution in [0.15, 0.2) is 47.4 Å². The second-order valence-electron chi connectivity index (χ2n) is 6.26. The zero-order valence-electron chi connectivity index (χ0n) is 16.0. The van der Waals surface area contributed by atoms with E-state index in [4.69, 9.17) is 26.2 Å². The molecule has 1 fully saturated rings. The Kier molecular flexibility index (Phi) is 7.02. The van der Waals surface area contributed by atoms with Crippen molar-refractivity contribution in [1.82, 2.24) is 4.90 Å². The van der Waals surface area contributed by atoms with Crippen molar-refractivity contribution in [3.8, 4) is 11.5 Å². The molecule has 1 saturated heterocycles. The lowest BCUT2D eigenvalue weighted by molar-refractivity contribution is -0.137. The number of halogens is 1. The average molecular weight is 448 g/mol.